The number of halogens is 3. The minimum Gasteiger partial charge on any atom is -0.394 e. The molecule has 0 aliphatic carbocycles. The molecule has 0 radical (unpaired) electrons. The van der Waals surface area contributed by atoms with Gasteiger partial charge in [-0.05, 0) is 31.4 Å². The van der Waals surface area contributed by atoms with Crippen molar-refractivity contribution in [2.45, 2.75) is 19.3 Å². The van der Waals surface area contributed by atoms with Crippen molar-refractivity contribution in [3.05, 3.63) is 33.8 Å². The van der Waals surface area contributed by atoms with Crippen LogP contribution in [0.25, 0.3) is 0 Å². The van der Waals surface area contributed by atoms with Crippen LogP contribution < -0.4 is 5.73 Å². The van der Waals surface area contributed by atoms with Gasteiger partial charge in [-0.1, -0.05) is 34.4 Å². The minimum atomic E-state index is 0.389. The van der Waals surface area contributed by atoms with Gasteiger partial charge in [0.05, 0.1) is 15.8 Å². The lowest BCUT2D eigenvalue weighted by atomic mass is 10.1. The van der Waals surface area contributed by atoms with Crippen molar-refractivity contribution < 1.29 is 4.84 Å². The topological polar surface area (TPSA) is 47.6 Å². The second-order valence-electron chi connectivity index (χ2n) is 3.93. The molecule has 0 saturated carbocycles. The van der Waals surface area contributed by atoms with Gasteiger partial charge in [-0.3, -0.25) is 0 Å². The lowest BCUT2D eigenvalue weighted by Gasteiger charge is -2.07. The Labute approximate surface area is 128 Å². The fraction of sp³-hybridized carbons (Fsp3) is 0.462. The van der Waals surface area contributed by atoms with Crippen LogP contribution in [-0.4, -0.2) is 24.7 Å². The normalized spacial score (nSPS) is 11.7. The summed E-state index contributed by atoms with van der Waals surface area (Å²) >= 11 is 17.6. The van der Waals surface area contributed by atoms with Crippen LogP contribution >= 0.6 is 34.8 Å². The highest BCUT2D eigenvalue weighted by molar-refractivity contribution is 6.42. The Bertz CT molecular complexity index is 424. The van der Waals surface area contributed by atoms with Crippen LogP contribution in [0, 0.1) is 0 Å². The Morgan fingerprint density at radius 3 is 2.63 bits per heavy atom. The zero-order valence-electron chi connectivity index (χ0n) is 10.5. The van der Waals surface area contributed by atoms with E-state index < -0.39 is 0 Å². The second-order valence-corrected chi connectivity index (χ2v) is 5.13. The molecule has 1 aromatic rings. The van der Waals surface area contributed by atoms with Gasteiger partial charge in [0.15, 0.2) is 0 Å². The Balaban J connectivity index is 2.81. The Morgan fingerprint density at radius 2 is 2.00 bits per heavy atom. The first kappa shape index (κ1) is 16.6. The van der Waals surface area contributed by atoms with Crippen molar-refractivity contribution in [3.63, 3.8) is 0 Å². The second kappa shape index (κ2) is 9.43. The molecule has 6 heteroatoms. The van der Waals surface area contributed by atoms with Gasteiger partial charge in [0, 0.05) is 18.0 Å². The van der Waals surface area contributed by atoms with Crippen molar-refractivity contribution in [2.75, 3.05) is 19.0 Å². The fourth-order valence-electron chi connectivity index (χ4n) is 1.48. The molecule has 0 heterocycles. The van der Waals surface area contributed by atoms with Gasteiger partial charge in [0.1, 0.15) is 6.61 Å². The first-order chi connectivity index (χ1) is 9.19. The lowest BCUT2D eigenvalue weighted by Crippen LogP contribution is -2.08. The molecule has 106 valence electrons. The molecule has 0 aliphatic heterocycles. The van der Waals surface area contributed by atoms with Gasteiger partial charge in [0.2, 0.25) is 0 Å². The van der Waals surface area contributed by atoms with Gasteiger partial charge < -0.3 is 10.6 Å². The van der Waals surface area contributed by atoms with Crippen molar-refractivity contribution in [1.82, 2.24) is 0 Å². The van der Waals surface area contributed by atoms with Crippen LogP contribution in [0.2, 0.25) is 10.0 Å². The van der Waals surface area contributed by atoms with E-state index in [0.29, 0.717) is 29.1 Å². The van der Waals surface area contributed by atoms with Gasteiger partial charge >= 0.3 is 0 Å². The largest absolute Gasteiger partial charge is 0.394 e. The summed E-state index contributed by atoms with van der Waals surface area (Å²) in [5.74, 6) is 0.637. The highest BCUT2D eigenvalue weighted by atomic mass is 35.5. The molecule has 0 amide bonds. The zero-order valence-corrected chi connectivity index (χ0v) is 12.8. The highest BCUT2D eigenvalue weighted by Crippen LogP contribution is 2.24. The molecule has 0 spiro atoms. The van der Waals surface area contributed by atoms with E-state index in [2.05, 4.69) is 5.16 Å². The summed E-state index contributed by atoms with van der Waals surface area (Å²) in [6.07, 6.45) is 2.64. The summed E-state index contributed by atoms with van der Waals surface area (Å²) in [7, 11) is 0. The Morgan fingerprint density at radius 1 is 1.21 bits per heavy atom. The SMILES string of the molecule is NCCON=C(CCCCCl)c1ccc(Cl)c(Cl)c1. The van der Waals surface area contributed by atoms with Crippen LogP contribution in [0.5, 0.6) is 0 Å². The summed E-state index contributed by atoms with van der Waals surface area (Å²) in [5, 5.41) is 5.14. The molecule has 0 fully saturated rings. The van der Waals surface area contributed by atoms with E-state index in [-0.39, 0.29) is 0 Å². The summed E-state index contributed by atoms with van der Waals surface area (Å²) in [6, 6.07) is 5.41. The van der Waals surface area contributed by atoms with Crippen molar-refractivity contribution >= 4 is 40.5 Å². The third-order valence-corrected chi connectivity index (χ3v) is 3.44. The first-order valence-electron chi connectivity index (χ1n) is 6.09. The fourth-order valence-corrected chi connectivity index (χ4v) is 1.97. The number of benzene rings is 1. The number of nitrogens with two attached hydrogens (primary N) is 1. The number of unbranched alkanes of at least 4 members (excludes halogenated alkanes) is 1. The standard InChI is InChI=1S/C13H17Cl3N2O/c14-6-2-1-3-13(18-19-8-7-17)10-4-5-11(15)12(16)9-10/h4-5,9H,1-3,6-8,17H2. The smallest absolute Gasteiger partial charge is 0.129 e. The van der Waals surface area contributed by atoms with E-state index in [1.807, 2.05) is 6.07 Å². The predicted molar refractivity (Wildman–Crippen MR) is 82.6 cm³/mol. The van der Waals surface area contributed by atoms with E-state index >= 15 is 0 Å². The van der Waals surface area contributed by atoms with Crippen LogP contribution in [0.1, 0.15) is 24.8 Å². The number of alkyl halides is 1. The number of hydrogen-bond donors (Lipinski definition) is 1. The maximum absolute atomic E-state index is 6.01. The van der Waals surface area contributed by atoms with Crippen LogP contribution in [-0.2, 0) is 4.84 Å². The molecular weight excluding hydrogens is 307 g/mol. The van der Waals surface area contributed by atoms with Crippen molar-refractivity contribution in [1.29, 1.82) is 0 Å². The summed E-state index contributed by atoms with van der Waals surface area (Å²) in [6.45, 7) is 0.820. The first-order valence-corrected chi connectivity index (χ1v) is 7.38. The maximum atomic E-state index is 6.01. The van der Waals surface area contributed by atoms with Crippen molar-refractivity contribution in [3.8, 4) is 0 Å². The third kappa shape index (κ3) is 6.00. The molecule has 0 aromatic heterocycles. The zero-order chi connectivity index (χ0) is 14.1. The summed E-state index contributed by atoms with van der Waals surface area (Å²) in [4.78, 5) is 5.15. The van der Waals surface area contributed by atoms with E-state index in [1.54, 1.807) is 12.1 Å². The van der Waals surface area contributed by atoms with Crippen LogP contribution in [0.4, 0.5) is 0 Å². The molecule has 19 heavy (non-hydrogen) atoms. The third-order valence-electron chi connectivity index (χ3n) is 2.43. The quantitative estimate of drug-likeness (QED) is 0.339. The van der Waals surface area contributed by atoms with Crippen molar-refractivity contribution in [2.24, 2.45) is 10.9 Å². The van der Waals surface area contributed by atoms with E-state index in [9.17, 15) is 0 Å². The average molecular weight is 324 g/mol. The molecule has 0 aliphatic rings. The lowest BCUT2D eigenvalue weighted by molar-refractivity contribution is 0.152. The van der Waals surface area contributed by atoms with Crippen LogP contribution in [0.15, 0.2) is 23.4 Å². The van der Waals surface area contributed by atoms with Crippen LogP contribution in [0.3, 0.4) is 0 Å². The molecule has 0 unspecified atom stereocenters. The number of oxime groups is 1. The molecule has 2 N–H and O–H groups in total. The summed E-state index contributed by atoms with van der Waals surface area (Å²) in [5.41, 5.74) is 7.10. The number of hydrogen-bond acceptors (Lipinski definition) is 3. The Hall–Kier alpha value is -0.480. The van der Waals surface area contributed by atoms with E-state index in [0.717, 1.165) is 30.5 Å². The summed E-state index contributed by atoms with van der Waals surface area (Å²) < 4.78 is 0. The van der Waals surface area contributed by atoms with E-state index in [1.165, 1.54) is 0 Å². The molecule has 0 bridgehead atoms. The van der Waals surface area contributed by atoms with Gasteiger partial charge in [-0.2, -0.15) is 0 Å². The van der Waals surface area contributed by atoms with E-state index in [4.69, 9.17) is 45.4 Å². The van der Waals surface area contributed by atoms with Gasteiger partial charge in [0.25, 0.3) is 0 Å². The average Bonchev–Trinajstić information content (AvgIpc) is 2.41. The molecule has 0 atom stereocenters. The highest BCUT2D eigenvalue weighted by Gasteiger charge is 2.07. The molecule has 0 saturated heterocycles. The number of rotatable bonds is 8. The molecule has 1 aromatic carbocycles. The molecule has 3 nitrogen and oxygen atoms in total. The predicted octanol–water partition coefficient (Wildman–Crippen LogP) is 4.08. The molecule has 1 rings (SSSR count). The Kier molecular flexibility index (Phi) is 8.22. The minimum absolute atomic E-state index is 0.389. The van der Waals surface area contributed by atoms with Gasteiger partial charge in [-0.15, -0.1) is 11.6 Å². The van der Waals surface area contributed by atoms with Gasteiger partial charge in [-0.25, -0.2) is 0 Å². The molecular formula is C13H17Cl3N2O. The maximum Gasteiger partial charge on any atom is 0.129 e. The monoisotopic (exact) mass is 322 g/mol. The number of nitrogens with zero attached hydrogens (tertiary/aromatic N) is 1.